The Balaban J connectivity index is 3.75. The molecule has 1 atom stereocenters. The van der Waals surface area contributed by atoms with Crippen LogP contribution in [0.1, 0.15) is 32.6 Å². The number of rotatable bonds is 11. The topological polar surface area (TPSA) is 125 Å². The first-order valence-electron chi connectivity index (χ1n) is 6.54. The zero-order chi connectivity index (χ0) is 15.4. The van der Waals surface area contributed by atoms with Gasteiger partial charge in [-0.15, -0.1) is 0 Å². The third kappa shape index (κ3) is 10.1. The van der Waals surface area contributed by atoms with Crippen LogP contribution in [0.4, 0.5) is 4.79 Å². The Kier molecular flexibility index (Phi) is 10.0. The molecule has 0 aromatic carbocycles. The van der Waals surface area contributed by atoms with Gasteiger partial charge in [-0.05, 0) is 12.8 Å². The number of carboxylic acid groups (broad SMARTS) is 2. The summed E-state index contributed by atoms with van der Waals surface area (Å²) in [5, 5.41) is 21.8. The molecule has 0 saturated carbocycles. The van der Waals surface area contributed by atoms with Crippen molar-refractivity contribution in [1.82, 2.24) is 10.6 Å². The Morgan fingerprint density at radius 3 is 2.35 bits per heavy atom. The summed E-state index contributed by atoms with van der Waals surface area (Å²) in [4.78, 5) is 32.5. The van der Waals surface area contributed by atoms with E-state index in [0.29, 0.717) is 26.2 Å². The van der Waals surface area contributed by atoms with Crippen LogP contribution in [0.2, 0.25) is 0 Å². The van der Waals surface area contributed by atoms with E-state index in [1.54, 1.807) is 0 Å². The number of hydrogen-bond donors (Lipinski definition) is 4. The third-order valence-corrected chi connectivity index (χ3v) is 2.38. The second-order valence-electron chi connectivity index (χ2n) is 4.21. The standard InChI is InChI=1S/C12H22N2O6/c1-2-3-6-20-7-4-5-13-12(19)14-9(11(17)18)8-10(15)16/h9H,2-8H2,1H3,(H,15,16)(H,17,18)(H2,13,14,19)/t9-/m1/s1. The van der Waals surface area contributed by atoms with Crippen LogP contribution in [-0.2, 0) is 14.3 Å². The first-order valence-corrected chi connectivity index (χ1v) is 6.54. The lowest BCUT2D eigenvalue weighted by Crippen LogP contribution is -2.47. The van der Waals surface area contributed by atoms with Crippen molar-refractivity contribution in [1.29, 1.82) is 0 Å². The van der Waals surface area contributed by atoms with Crippen molar-refractivity contribution >= 4 is 18.0 Å². The van der Waals surface area contributed by atoms with E-state index in [9.17, 15) is 14.4 Å². The number of urea groups is 1. The minimum absolute atomic E-state index is 0.331. The van der Waals surface area contributed by atoms with Crippen LogP contribution in [0.3, 0.4) is 0 Å². The molecule has 2 amide bonds. The van der Waals surface area contributed by atoms with Gasteiger partial charge in [0.1, 0.15) is 6.04 Å². The molecule has 0 saturated heterocycles. The molecule has 0 unspecified atom stereocenters. The Labute approximate surface area is 117 Å². The summed E-state index contributed by atoms with van der Waals surface area (Å²) in [6.45, 7) is 3.59. The van der Waals surface area contributed by atoms with Gasteiger partial charge in [-0.1, -0.05) is 13.3 Å². The van der Waals surface area contributed by atoms with Crippen LogP contribution < -0.4 is 10.6 Å². The van der Waals surface area contributed by atoms with Gasteiger partial charge in [-0.25, -0.2) is 9.59 Å². The van der Waals surface area contributed by atoms with Crippen LogP contribution in [0.25, 0.3) is 0 Å². The SMILES string of the molecule is CCCCOCCCNC(=O)N[C@H](CC(=O)O)C(=O)O. The van der Waals surface area contributed by atoms with Crippen molar-refractivity contribution in [2.24, 2.45) is 0 Å². The normalized spacial score (nSPS) is 11.7. The van der Waals surface area contributed by atoms with Crippen LogP contribution in [0.5, 0.6) is 0 Å². The second-order valence-corrected chi connectivity index (χ2v) is 4.21. The zero-order valence-electron chi connectivity index (χ0n) is 11.6. The summed E-state index contributed by atoms with van der Waals surface area (Å²) in [6, 6.07) is -2.14. The maximum absolute atomic E-state index is 11.4. The Morgan fingerprint density at radius 2 is 1.80 bits per heavy atom. The fraction of sp³-hybridized carbons (Fsp3) is 0.750. The molecule has 0 aliphatic heterocycles. The van der Waals surface area contributed by atoms with Gasteiger partial charge in [-0.2, -0.15) is 0 Å². The summed E-state index contributed by atoms with van der Waals surface area (Å²) in [5.74, 6) is -2.67. The van der Waals surface area contributed by atoms with Crippen LogP contribution in [0.15, 0.2) is 0 Å². The first-order chi connectivity index (χ1) is 9.47. The fourth-order valence-electron chi connectivity index (χ4n) is 1.31. The maximum Gasteiger partial charge on any atom is 0.326 e. The molecular formula is C12H22N2O6. The summed E-state index contributed by atoms with van der Waals surface area (Å²) < 4.78 is 5.28. The molecule has 116 valence electrons. The molecular weight excluding hydrogens is 268 g/mol. The van der Waals surface area contributed by atoms with E-state index < -0.39 is 30.4 Å². The van der Waals surface area contributed by atoms with Crippen molar-refractivity contribution in [3.05, 3.63) is 0 Å². The Bertz CT molecular complexity index is 321. The number of carboxylic acids is 2. The monoisotopic (exact) mass is 290 g/mol. The molecule has 0 aromatic rings. The number of carbonyl (C=O) groups excluding carboxylic acids is 1. The molecule has 8 heteroatoms. The minimum atomic E-state index is -1.44. The Morgan fingerprint density at radius 1 is 1.15 bits per heavy atom. The molecule has 0 spiro atoms. The van der Waals surface area contributed by atoms with Gasteiger partial charge in [0.05, 0.1) is 6.42 Å². The molecule has 20 heavy (non-hydrogen) atoms. The minimum Gasteiger partial charge on any atom is -0.481 e. The van der Waals surface area contributed by atoms with Gasteiger partial charge >= 0.3 is 18.0 Å². The van der Waals surface area contributed by atoms with E-state index in [0.717, 1.165) is 12.8 Å². The van der Waals surface area contributed by atoms with E-state index in [4.69, 9.17) is 14.9 Å². The summed E-state index contributed by atoms with van der Waals surface area (Å²) in [5.41, 5.74) is 0. The van der Waals surface area contributed by atoms with Gasteiger partial charge in [0.2, 0.25) is 0 Å². The van der Waals surface area contributed by atoms with Gasteiger partial charge in [0.25, 0.3) is 0 Å². The van der Waals surface area contributed by atoms with E-state index in [1.165, 1.54) is 0 Å². The third-order valence-electron chi connectivity index (χ3n) is 2.38. The Hall–Kier alpha value is -1.83. The number of carbonyl (C=O) groups is 3. The van der Waals surface area contributed by atoms with Crippen molar-refractivity contribution in [3.8, 4) is 0 Å². The number of hydrogen-bond acceptors (Lipinski definition) is 4. The quantitative estimate of drug-likeness (QED) is 0.409. The number of nitrogens with one attached hydrogen (secondary N) is 2. The van der Waals surface area contributed by atoms with Crippen LogP contribution in [-0.4, -0.2) is 54.0 Å². The van der Waals surface area contributed by atoms with Crippen LogP contribution >= 0.6 is 0 Å². The second kappa shape index (κ2) is 11.0. The largest absolute Gasteiger partial charge is 0.481 e. The number of aliphatic carboxylic acids is 2. The van der Waals surface area contributed by atoms with Gasteiger partial charge in [0.15, 0.2) is 0 Å². The lowest BCUT2D eigenvalue weighted by molar-refractivity contribution is -0.145. The highest BCUT2D eigenvalue weighted by molar-refractivity contribution is 5.86. The summed E-state index contributed by atoms with van der Waals surface area (Å²) in [7, 11) is 0. The van der Waals surface area contributed by atoms with Gasteiger partial charge in [-0.3, -0.25) is 4.79 Å². The van der Waals surface area contributed by atoms with Crippen LogP contribution in [0, 0.1) is 0 Å². The molecule has 0 radical (unpaired) electrons. The molecule has 4 N–H and O–H groups in total. The highest BCUT2D eigenvalue weighted by atomic mass is 16.5. The zero-order valence-corrected chi connectivity index (χ0v) is 11.6. The number of amides is 2. The average molecular weight is 290 g/mol. The van der Waals surface area contributed by atoms with E-state index >= 15 is 0 Å². The van der Waals surface area contributed by atoms with Gasteiger partial charge in [0, 0.05) is 19.8 Å². The highest BCUT2D eigenvalue weighted by Gasteiger charge is 2.22. The molecule has 8 nitrogen and oxygen atoms in total. The van der Waals surface area contributed by atoms with Crippen molar-refractivity contribution in [3.63, 3.8) is 0 Å². The smallest absolute Gasteiger partial charge is 0.326 e. The molecule has 0 bridgehead atoms. The fourth-order valence-corrected chi connectivity index (χ4v) is 1.31. The molecule has 0 aliphatic carbocycles. The molecule has 0 heterocycles. The summed E-state index contributed by atoms with van der Waals surface area (Å²) >= 11 is 0. The first kappa shape index (κ1) is 18.2. The molecule has 0 aliphatic rings. The maximum atomic E-state index is 11.4. The molecule has 0 fully saturated rings. The average Bonchev–Trinajstić information content (AvgIpc) is 2.36. The van der Waals surface area contributed by atoms with E-state index in [2.05, 4.69) is 17.6 Å². The lowest BCUT2D eigenvalue weighted by Gasteiger charge is -2.13. The summed E-state index contributed by atoms with van der Waals surface area (Å²) in [6.07, 6.45) is 1.99. The van der Waals surface area contributed by atoms with E-state index in [1.807, 2.05) is 0 Å². The van der Waals surface area contributed by atoms with E-state index in [-0.39, 0.29) is 0 Å². The highest BCUT2D eigenvalue weighted by Crippen LogP contribution is 1.93. The predicted molar refractivity (Wildman–Crippen MR) is 70.6 cm³/mol. The van der Waals surface area contributed by atoms with Crippen molar-refractivity contribution in [2.75, 3.05) is 19.8 Å². The van der Waals surface area contributed by atoms with Crippen molar-refractivity contribution < 1.29 is 29.3 Å². The van der Waals surface area contributed by atoms with Gasteiger partial charge < -0.3 is 25.6 Å². The molecule has 0 aromatic heterocycles. The predicted octanol–water partition coefficient (Wildman–Crippen LogP) is 0.420. The molecule has 0 rings (SSSR count). The van der Waals surface area contributed by atoms with Crippen molar-refractivity contribution in [2.45, 2.75) is 38.6 Å². The lowest BCUT2D eigenvalue weighted by atomic mass is 10.2. The number of unbranched alkanes of at least 4 members (excludes halogenated alkanes) is 1. The number of ether oxygens (including phenoxy) is 1.